The Morgan fingerprint density at radius 1 is 1.33 bits per heavy atom. The van der Waals surface area contributed by atoms with E-state index in [2.05, 4.69) is 0 Å². The Hall–Kier alpha value is -1.79. The molecule has 2 aliphatic heterocycles. The number of carbonyl (C=O) groups excluding carboxylic acids is 1. The molecular formula is C12H12N2O4. The first-order valence-corrected chi connectivity index (χ1v) is 5.85. The van der Waals surface area contributed by atoms with Gasteiger partial charge in [0.05, 0.1) is 11.0 Å². The molecule has 3 atom stereocenters. The van der Waals surface area contributed by atoms with Gasteiger partial charge >= 0.3 is 0 Å². The number of non-ortho nitro benzene ring substituents is 1. The van der Waals surface area contributed by atoms with Gasteiger partial charge in [0.2, 0.25) is 0 Å². The summed E-state index contributed by atoms with van der Waals surface area (Å²) in [5, 5.41) is 12.4. The average molecular weight is 248 g/mol. The van der Waals surface area contributed by atoms with E-state index in [4.69, 9.17) is 4.84 Å². The summed E-state index contributed by atoms with van der Waals surface area (Å²) >= 11 is 0. The molecule has 2 heterocycles. The molecule has 1 aromatic carbocycles. The molecule has 0 amide bonds. The number of fused-ring (bicyclic) bond motifs is 2. The minimum absolute atomic E-state index is 0.0299. The molecular weight excluding hydrogens is 236 g/mol. The molecule has 0 saturated carbocycles. The van der Waals surface area contributed by atoms with E-state index in [-0.39, 0.29) is 23.6 Å². The Morgan fingerprint density at radius 3 is 2.67 bits per heavy atom. The molecule has 94 valence electrons. The Morgan fingerprint density at radius 2 is 2.06 bits per heavy atom. The van der Waals surface area contributed by atoms with Crippen molar-refractivity contribution in [3.63, 3.8) is 0 Å². The number of rotatable bonds is 2. The summed E-state index contributed by atoms with van der Waals surface area (Å²) in [6, 6.07) is 6.47. The fourth-order valence-corrected chi connectivity index (χ4v) is 2.50. The quantitative estimate of drug-likeness (QED) is 0.587. The van der Waals surface area contributed by atoms with Gasteiger partial charge in [0.1, 0.15) is 6.10 Å². The highest BCUT2D eigenvalue weighted by Gasteiger charge is 2.41. The topological polar surface area (TPSA) is 72.7 Å². The van der Waals surface area contributed by atoms with Crippen LogP contribution in [-0.4, -0.2) is 28.4 Å². The van der Waals surface area contributed by atoms with Gasteiger partial charge in [-0.25, -0.2) is 0 Å². The van der Waals surface area contributed by atoms with E-state index in [0.29, 0.717) is 19.4 Å². The lowest BCUT2D eigenvalue weighted by molar-refractivity contribution is -0.384. The largest absolute Gasteiger partial charge is 0.297 e. The van der Waals surface area contributed by atoms with E-state index in [1.807, 2.05) is 5.06 Å². The number of benzene rings is 1. The van der Waals surface area contributed by atoms with E-state index >= 15 is 0 Å². The van der Waals surface area contributed by atoms with Gasteiger partial charge in [-0.15, -0.1) is 0 Å². The van der Waals surface area contributed by atoms with Crippen LogP contribution < -0.4 is 0 Å². The lowest BCUT2D eigenvalue weighted by atomic mass is 10.0. The number of nitro benzene ring substituents is 1. The van der Waals surface area contributed by atoms with E-state index < -0.39 is 4.92 Å². The summed E-state index contributed by atoms with van der Waals surface area (Å²) in [6.45, 7) is 0.594. The highest BCUT2D eigenvalue weighted by atomic mass is 16.7. The zero-order valence-electron chi connectivity index (χ0n) is 9.61. The predicted molar refractivity (Wildman–Crippen MR) is 61.7 cm³/mol. The van der Waals surface area contributed by atoms with Crippen LogP contribution in [0.25, 0.3) is 0 Å². The maximum Gasteiger partial charge on any atom is 0.269 e. The standard InChI is InChI=1S/C12H12N2O4/c15-11-5-6-13-10(7-12(11)18-13)8-1-3-9(4-2-8)14(16)17/h1-4,10,12H,5-7H2. The minimum Gasteiger partial charge on any atom is -0.297 e. The van der Waals surface area contributed by atoms with Crippen molar-refractivity contribution in [1.29, 1.82) is 0 Å². The third-order valence-electron chi connectivity index (χ3n) is 3.47. The molecule has 6 nitrogen and oxygen atoms in total. The highest BCUT2D eigenvalue weighted by Crippen LogP contribution is 2.37. The molecule has 0 radical (unpaired) electrons. The number of nitro groups is 1. The van der Waals surface area contributed by atoms with Crippen LogP contribution in [-0.2, 0) is 9.63 Å². The van der Waals surface area contributed by atoms with Crippen LogP contribution in [0.4, 0.5) is 5.69 Å². The maximum atomic E-state index is 11.5. The number of hydroxylamine groups is 2. The Kier molecular flexibility index (Phi) is 2.61. The third-order valence-corrected chi connectivity index (χ3v) is 3.47. The summed E-state index contributed by atoms with van der Waals surface area (Å²) in [6.07, 6.45) is 0.823. The molecule has 2 aliphatic rings. The van der Waals surface area contributed by atoms with Crippen molar-refractivity contribution >= 4 is 11.5 Å². The summed E-state index contributed by atoms with van der Waals surface area (Å²) in [7, 11) is 0. The van der Waals surface area contributed by atoms with E-state index in [0.717, 1.165) is 5.56 Å². The van der Waals surface area contributed by atoms with Crippen molar-refractivity contribution < 1.29 is 14.6 Å². The van der Waals surface area contributed by atoms with Crippen molar-refractivity contribution in [2.75, 3.05) is 6.54 Å². The zero-order valence-corrected chi connectivity index (χ0v) is 9.61. The lowest BCUT2D eigenvalue weighted by Gasteiger charge is -2.24. The summed E-state index contributed by atoms with van der Waals surface area (Å²) in [5.74, 6) is 0.149. The van der Waals surface area contributed by atoms with Crippen LogP contribution in [0.2, 0.25) is 0 Å². The summed E-state index contributed by atoms with van der Waals surface area (Å²) in [4.78, 5) is 27.2. The van der Waals surface area contributed by atoms with Crippen LogP contribution in [0.1, 0.15) is 24.4 Å². The fraction of sp³-hybridized carbons (Fsp3) is 0.417. The van der Waals surface area contributed by atoms with Gasteiger partial charge in [-0.1, -0.05) is 12.1 Å². The molecule has 2 saturated heterocycles. The van der Waals surface area contributed by atoms with Crippen LogP contribution in [0.3, 0.4) is 0 Å². The average Bonchev–Trinajstić information content (AvgIpc) is 2.73. The molecule has 1 aromatic rings. The Bertz CT molecular complexity index is 499. The molecule has 0 N–H and O–H groups in total. The zero-order chi connectivity index (χ0) is 12.7. The lowest BCUT2D eigenvalue weighted by Crippen LogP contribution is -2.33. The molecule has 0 spiro atoms. The van der Waals surface area contributed by atoms with Gasteiger partial charge in [0.25, 0.3) is 5.69 Å². The first kappa shape index (κ1) is 11.3. The van der Waals surface area contributed by atoms with Crippen molar-refractivity contribution in [3.05, 3.63) is 39.9 Å². The molecule has 0 aromatic heterocycles. The van der Waals surface area contributed by atoms with Crippen molar-refractivity contribution in [3.8, 4) is 0 Å². The number of ketones is 1. The van der Waals surface area contributed by atoms with Crippen LogP contribution in [0.5, 0.6) is 0 Å². The Balaban J connectivity index is 1.83. The van der Waals surface area contributed by atoms with Crippen LogP contribution >= 0.6 is 0 Å². The van der Waals surface area contributed by atoms with Crippen molar-refractivity contribution in [2.24, 2.45) is 0 Å². The van der Waals surface area contributed by atoms with Gasteiger partial charge < -0.3 is 0 Å². The number of hydrogen-bond acceptors (Lipinski definition) is 5. The first-order chi connectivity index (χ1) is 8.65. The second-order valence-electron chi connectivity index (χ2n) is 4.55. The fourth-order valence-electron chi connectivity index (χ4n) is 2.50. The van der Waals surface area contributed by atoms with Gasteiger partial charge in [-0.2, -0.15) is 5.06 Å². The number of nitrogens with zero attached hydrogens (tertiary/aromatic N) is 2. The predicted octanol–water partition coefficient (Wildman–Crippen LogP) is 1.61. The van der Waals surface area contributed by atoms with Crippen molar-refractivity contribution in [1.82, 2.24) is 5.06 Å². The van der Waals surface area contributed by atoms with Gasteiger partial charge in [0.15, 0.2) is 5.78 Å². The smallest absolute Gasteiger partial charge is 0.269 e. The van der Waals surface area contributed by atoms with E-state index in [1.54, 1.807) is 12.1 Å². The number of hydrogen-bond donors (Lipinski definition) is 0. The second kappa shape index (κ2) is 4.15. The SMILES string of the molecule is O=C1CCN2OC1CC2c1ccc([N+](=O)[O-])cc1. The summed E-state index contributed by atoms with van der Waals surface area (Å²) in [5.41, 5.74) is 1.03. The van der Waals surface area contributed by atoms with E-state index in [9.17, 15) is 14.9 Å². The summed E-state index contributed by atoms with van der Waals surface area (Å²) < 4.78 is 0. The van der Waals surface area contributed by atoms with Gasteiger partial charge in [-0.05, 0) is 5.56 Å². The van der Waals surface area contributed by atoms with E-state index in [1.165, 1.54) is 12.1 Å². The van der Waals surface area contributed by atoms with Crippen molar-refractivity contribution in [2.45, 2.75) is 25.0 Å². The second-order valence-corrected chi connectivity index (χ2v) is 4.55. The Labute approximate surface area is 103 Å². The van der Waals surface area contributed by atoms with Gasteiger partial charge in [-0.3, -0.25) is 19.7 Å². The van der Waals surface area contributed by atoms with Gasteiger partial charge in [0, 0.05) is 31.5 Å². The minimum atomic E-state index is -0.420. The highest BCUT2D eigenvalue weighted by molar-refractivity contribution is 5.84. The normalized spacial score (nSPS) is 30.4. The molecule has 18 heavy (non-hydrogen) atoms. The molecule has 2 fully saturated rings. The first-order valence-electron chi connectivity index (χ1n) is 5.85. The molecule has 2 bridgehead atoms. The van der Waals surface area contributed by atoms with Crippen LogP contribution in [0.15, 0.2) is 24.3 Å². The molecule has 6 heteroatoms. The third kappa shape index (κ3) is 1.79. The van der Waals surface area contributed by atoms with Crippen LogP contribution in [0, 0.1) is 10.1 Å². The maximum absolute atomic E-state index is 11.5. The molecule has 0 aliphatic carbocycles. The number of Topliss-reactive ketones (excluding diaryl/α,β-unsaturated/α-hetero) is 1. The molecule has 3 unspecified atom stereocenters. The molecule has 3 rings (SSSR count). The monoisotopic (exact) mass is 248 g/mol. The number of carbonyl (C=O) groups is 1.